The van der Waals surface area contributed by atoms with Crippen LogP contribution in [0, 0.1) is 11.3 Å². The number of alkyl halides is 3. The van der Waals surface area contributed by atoms with E-state index in [1.165, 1.54) is 18.2 Å². The highest BCUT2D eigenvalue weighted by molar-refractivity contribution is 5.87. The second-order valence-corrected chi connectivity index (χ2v) is 5.57. The van der Waals surface area contributed by atoms with E-state index in [9.17, 15) is 18.4 Å². The van der Waals surface area contributed by atoms with E-state index in [1.54, 1.807) is 11.6 Å². The molecular formula is C19H13F3N4. The molecule has 0 radical (unpaired) electrons. The Balaban J connectivity index is 2.02. The normalized spacial score (nSPS) is 12.0. The van der Waals surface area contributed by atoms with E-state index in [-0.39, 0.29) is 17.0 Å². The van der Waals surface area contributed by atoms with Gasteiger partial charge in [-0.1, -0.05) is 42.5 Å². The molecule has 0 fully saturated rings. The fourth-order valence-corrected chi connectivity index (χ4v) is 2.52. The first-order valence-electron chi connectivity index (χ1n) is 7.64. The van der Waals surface area contributed by atoms with Crippen molar-refractivity contribution in [1.82, 2.24) is 14.8 Å². The van der Waals surface area contributed by atoms with Crippen LogP contribution < -0.4 is 0 Å². The van der Waals surface area contributed by atoms with Gasteiger partial charge in [-0.25, -0.2) is 0 Å². The molecule has 0 atom stereocenters. The maximum atomic E-state index is 12.9. The minimum Gasteiger partial charge on any atom is -0.310 e. The SMILES string of the molecule is Cn1c(/C(C#N)=C/c2cccc(C(F)(F)F)c2)nnc1-c1ccccc1. The first-order valence-corrected chi connectivity index (χ1v) is 7.64. The Kier molecular flexibility index (Phi) is 4.59. The van der Waals surface area contributed by atoms with Crippen molar-refractivity contribution in [3.8, 4) is 17.5 Å². The zero-order chi connectivity index (χ0) is 18.7. The number of nitrogens with zero attached hydrogens (tertiary/aromatic N) is 4. The summed E-state index contributed by atoms with van der Waals surface area (Å²) < 4.78 is 40.2. The maximum Gasteiger partial charge on any atom is 0.416 e. The molecule has 0 N–H and O–H groups in total. The van der Waals surface area contributed by atoms with Crippen LogP contribution in [-0.4, -0.2) is 14.8 Å². The highest BCUT2D eigenvalue weighted by Gasteiger charge is 2.30. The number of allylic oxidation sites excluding steroid dienone is 1. The zero-order valence-electron chi connectivity index (χ0n) is 13.7. The van der Waals surface area contributed by atoms with Crippen molar-refractivity contribution < 1.29 is 13.2 Å². The van der Waals surface area contributed by atoms with E-state index in [2.05, 4.69) is 10.2 Å². The van der Waals surface area contributed by atoms with Crippen LogP contribution in [0.4, 0.5) is 13.2 Å². The van der Waals surface area contributed by atoms with Crippen molar-refractivity contribution >= 4 is 11.6 Å². The van der Waals surface area contributed by atoms with Gasteiger partial charge in [0.05, 0.1) is 11.1 Å². The average Bonchev–Trinajstić information content (AvgIpc) is 3.01. The lowest BCUT2D eigenvalue weighted by Crippen LogP contribution is -2.04. The summed E-state index contributed by atoms with van der Waals surface area (Å²) in [5.41, 5.74) is 0.443. The molecule has 2 aromatic carbocycles. The van der Waals surface area contributed by atoms with Gasteiger partial charge in [0.15, 0.2) is 11.6 Å². The highest BCUT2D eigenvalue weighted by atomic mass is 19.4. The number of halogens is 3. The predicted molar refractivity (Wildman–Crippen MR) is 91.4 cm³/mol. The smallest absolute Gasteiger partial charge is 0.310 e. The molecule has 130 valence electrons. The number of nitriles is 1. The minimum atomic E-state index is -4.44. The maximum absolute atomic E-state index is 12.9. The molecule has 0 saturated carbocycles. The molecule has 3 aromatic rings. The van der Waals surface area contributed by atoms with Crippen LogP contribution in [0.3, 0.4) is 0 Å². The Morgan fingerprint density at radius 2 is 1.81 bits per heavy atom. The number of rotatable bonds is 3. The fraction of sp³-hybridized carbons (Fsp3) is 0.105. The van der Waals surface area contributed by atoms with Crippen molar-refractivity contribution in [2.75, 3.05) is 0 Å². The number of hydrogen-bond acceptors (Lipinski definition) is 3. The van der Waals surface area contributed by atoms with E-state index in [0.717, 1.165) is 17.7 Å². The number of aromatic nitrogens is 3. The van der Waals surface area contributed by atoms with Gasteiger partial charge in [0.2, 0.25) is 0 Å². The summed E-state index contributed by atoms with van der Waals surface area (Å²) in [4.78, 5) is 0. The monoisotopic (exact) mass is 354 g/mol. The van der Waals surface area contributed by atoms with E-state index in [4.69, 9.17) is 0 Å². The van der Waals surface area contributed by atoms with Gasteiger partial charge in [0.1, 0.15) is 6.07 Å². The molecule has 0 bridgehead atoms. The van der Waals surface area contributed by atoms with Crippen LogP contribution in [0.1, 0.15) is 17.0 Å². The largest absolute Gasteiger partial charge is 0.416 e. The number of benzene rings is 2. The third-order valence-corrected chi connectivity index (χ3v) is 3.79. The summed E-state index contributed by atoms with van der Waals surface area (Å²) in [5, 5.41) is 17.6. The Hall–Kier alpha value is -3.40. The van der Waals surface area contributed by atoms with Gasteiger partial charge in [-0.2, -0.15) is 18.4 Å². The molecule has 1 aromatic heterocycles. The van der Waals surface area contributed by atoms with E-state index in [0.29, 0.717) is 5.82 Å². The predicted octanol–water partition coefficient (Wildman–Crippen LogP) is 4.57. The van der Waals surface area contributed by atoms with Crippen molar-refractivity contribution in [3.63, 3.8) is 0 Å². The third kappa shape index (κ3) is 3.49. The lowest BCUT2D eigenvalue weighted by Gasteiger charge is -2.07. The molecule has 0 aliphatic rings. The molecule has 0 saturated heterocycles. The van der Waals surface area contributed by atoms with Crippen LogP contribution in [0.15, 0.2) is 54.6 Å². The van der Waals surface area contributed by atoms with Gasteiger partial charge >= 0.3 is 6.18 Å². The van der Waals surface area contributed by atoms with Gasteiger partial charge in [-0.3, -0.25) is 0 Å². The lowest BCUT2D eigenvalue weighted by molar-refractivity contribution is -0.137. The highest BCUT2D eigenvalue weighted by Crippen LogP contribution is 2.30. The van der Waals surface area contributed by atoms with Crippen LogP contribution in [0.5, 0.6) is 0 Å². The van der Waals surface area contributed by atoms with Crippen LogP contribution in [0.25, 0.3) is 23.0 Å². The van der Waals surface area contributed by atoms with Crippen LogP contribution >= 0.6 is 0 Å². The molecule has 4 nitrogen and oxygen atoms in total. The second kappa shape index (κ2) is 6.84. The van der Waals surface area contributed by atoms with Crippen molar-refractivity contribution in [2.24, 2.45) is 7.05 Å². The number of hydrogen-bond donors (Lipinski definition) is 0. The molecular weight excluding hydrogens is 341 g/mol. The third-order valence-electron chi connectivity index (χ3n) is 3.79. The van der Waals surface area contributed by atoms with E-state index >= 15 is 0 Å². The van der Waals surface area contributed by atoms with Gasteiger partial charge in [-0.05, 0) is 23.8 Å². The van der Waals surface area contributed by atoms with Crippen molar-refractivity contribution in [2.45, 2.75) is 6.18 Å². The molecule has 0 spiro atoms. The van der Waals surface area contributed by atoms with Crippen molar-refractivity contribution in [1.29, 1.82) is 5.26 Å². The van der Waals surface area contributed by atoms with Gasteiger partial charge in [0.25, 0.3) is 0 Å². The Morgan fingerprint density at radius 1 is 1.08 bits per heavy atom. The Labute approximate surface area is 147 Å². The molecule has 7 heteroatoms. The Morgan fingerprint density at radius 3 is 2.46 bits per heavy atom. The molecule has 0 unspecified atom stereocenters. The van der Waals surface area contributed by atoms with E-state index < -0.39 is 11.7 Å². The first kappa shape index (κ1) is 17.4. The van der Waals surface area contributed by atoms with Crippen LogP contribution in [0.2, 0.25) is 0 Å². The Bertz CT molecular complexity index is 996. The quantitative estimate of drug-likeness (QED) is 0.648. The molecule has 0 amide bonds. The van der Waals surface area contributed by atoms with Gasteiger partial charge in [-0.15, -0.1) is 10.2 Å². The first-order chi connectivity index (χ1) is 12.4. The lowest BCUT2D eigenvalue weighted by atomic mass is 10.1. The van der Waals surface area contributed by atoms with Crippen LogP contribution in [-0.2, 0) is 13.2 Å². The summed E-state index contributed by atoms with van der Waals surface area (Å²) in [7, 11) is 1.70. The standard InChI is InChI=1S/C19H13F3N4/c1-26-17(14-7-3-2-4-8-14)24-25-18(26)15(12-23)10-13-6-5-9-16(11-13)19(20,21)22/h2-11H,1H3/b15-10+. The topological polar surface area (TPSA) is 54.5 Å². The summed E-state index contributed by atoms with van der Waals surface area (Å²) in [5.74, 6) is 0.842. The summed E-state index contributed by atoms with van der Waals surface area (Å²) in [6, 6.07) is 16.1. The average molecular weight is 354 g/mol. The fourth-order valence-electron chi connectivity index (χ4n) is 2.52. The molecule has 26 heavy (non-hydrogen) atoms. The summed E-state index contributed by atoms with van der Waals surface area (Å²) in [6.07, 6.45) is -3.07. The minimum absolute atomic E-state index is 0.126. The molecule has 3 rings (SSSR count). The molecule has 0 aliphatic heterocycles. The van der Waals surface area contributed by atoms with E-state index in [1.807, 2.05) is 36.4 Å². The summed E-state index contributed by atoms with van der Waals surface area (Å²) >= 11 is 0. The van der Waals surface area contributed by atoms with Gasteiger partial charge < -0.3 is 4.57 Å². The molecule has 1 heterocycles. The summed E-state index contributed by atoms with van der Waals surface area (Å²) in [6.45, 7) is 0. The van der Waals surface area contributed by atoms with Gasteiger partial charge in [0, 0.05) is 12.6 Å². The zero-order valence-corrected chi connectivity index (χ0v) is 13.7. The van der Waals surface area contributed by atoms with Crippen molar-refractivity contribution in [3.05, 3.63) is 71.5 Å². The second-order valence-electron chi connectivity index (χ2n) is 5.57. The molecule has 0 aliphatic carbocycles.